The number of hydrogen-bond acceptors (Lipinski definition) is 6. The second kappa shape index (κ2) is 10.9. The lowest BCUT2D eigenvalue weighted by molar-refractivity contribution is -0.113. The van der Waals surface area contributed by atoms with Crippen molar-refractivity contribution in [2.24, 2.45) is 0 Å². The molecule has 2 N–H and O–H groups in total. The van der Waals surface area contributed by atoms with Crippen molar-refractivity contribution in [1.82, 2.24) is 25.1 Å². The lowest BCUT2D eigenvalue weighted by Gasteiger charge is -2.07. The van der Waals surface area contributed by atoms with E-state index in [1.54, 1.807) is 16.6 Å². The second-order valence-corrected chi connectivity index (χ2v) is 8.45. The van der Waals surface area contributed by atoms with Gasteiger partial charge in [0.25, 0.3) is 5.91 Å². The van der Waals surface area contributed by atoms with Gasteiger partial charge in [-0.1, -0.05) is 30.8 Å². The molecule has 10 heteroatoms. The van der Waals surface area contributed by atoms with E-state index < -0.39 is 5.82 Å². The van der Waals surface area contributed by atoms with Gasteiger partial charge >= 0.3 is 0 Å². The number of aryl methyl sites for hydroxylation is 1. The van der Waals surface area contributed by atoms with Gasteiger partial charge in [-0.3, -0.25) is 9.59 Å². The number of halogens is 1. The van der Waals surface area contributed by atoms with Crippen molar-refractivity contribution < 1.29 is 14.0 Å². The summed E-state index contributed by atoms with van der Waals surface area (Å²) in [5, 5.41) is 19.1. The molecule has 4 rings (SSSR count). The van der Waals surface area contributed by atoms with E-state index in [-0.39, 0.29) is 17.6 Å². The molecular formula is C24H23FN6O2S. The van der Waals surface area contributed by atoms with Crippen LogP contribution < -0.4 is 10.6 Å². The molecule has 0 unspecified atom stereocenters. The van der Waals surface area contributed by atoms with Gasteiger partial charge in [0.05, 0.1) is 5.75 Å². The summed E-state index contributed by atoms with van der Waals surface area (Å²) in [5.41, 5.74) is 2.92. The Morgan fingerprint density at radius 3 is 2.50 bits per heavy atom. The van der Waals surface area contributed by atoms with Gasteiger partial charge < -0.3 is 10.6 Å². The van der Waals surface area contributed by atoms with Crippen LogP contribution in [0.5, 0.6) is 0 Å². The normalized spacial score (nSPS) is 10.9. The van der Waals surface area contributed by atoms with Gasteiger partial charge in [-0.15, -0.1) is 10.2 Å². The van der Waals surface area contributed by atoms with Crippen molar-refractivity contribution in [3.63, 3.8) is 0 Å². The summed E-state index contributed by atoms with van der Waals surface area (Å²) in [6, 6.07) is 16.7. The minimum absolute atomic E-state index is 0.122. The number of amides is 2. The average molecular weight is 479 g/mol. The molecule has 174 valence electrons. The summed E-state index contributed by atoms with van der Waals surface area (Å²) in [6.45, 7) is 2.40. The van der Waals surface area contributed by atoms with Crippen LogP contribution in [0.15, 0.2) is 65.7 Å². The van der Waals surface area contributed by atoms with Crippen LogP contribution in [0.4, 0.5) is 10.1 Å². The van der Waals surface area contributed by atoms with Crippen molar-refractivity contribution in [3.8, 4) is 0 Å². The number of benzene rings is 2. The average Bonchev–Trinajstić information content (AvgIpc) is 3.26. The van der Waals surface area contributed by atoms with Crippen LogP contribution in [0.3, 0.4) is 0 Å². The Kier molecular flexibility index (Phi) is 7.48. The zero-order valence-corrected chi connectivity index (χ0v) is 19.3. The maximum Gasteiger partial charge on any atom is 0.251 e. The minimum atomic E-state index is -0.394. The molecule has 0 aliphatic heterocycles. The van der Waals surface area contributed by atoms with Crippen molar-refractivity contribution in [1.29, 1.82) is 0 Å². The number of carbonyl (C=O) groups is 2. The highest BCUT2D eigenvalue weighted by Crippen LogP contribution is 2.17. The third kappa shape index (κ3) is 5.96. The topological polar surface area (TPSA) is 101 Å². The number of aromatic nitrogens is 4. The number of carbonyl (C=O) groups excluding carboxylic acids is 2. The first-order chi connectivity index (χ1) is 16.5. The monoisotopic (exact) mass is 478 g/mol. The molecule has 2 aromatic heterocycles. The number of rotatable bonds is 9. The highest BCUT2D eigenvalue weighted by Gasteiger charge is 2.11. The van der Waals surface area contributed by atoms with Crippen LogP contribution in [0.2, 0.25) is 0 Å². The molecule has 2 amide bonds. The van der Waals surface area contributed by atoms with E-state index in [2.05, 4.69) is 32.9 Å². The molecule has 0 aliphatic carbocycles. The third-order valence-corrected chi connectivity index (χ3v) is 5.96. The fraction of sp³-hybridized carbons (Fsp3) is 0.208. The van der Waals surface area contributed by atoms with E-state index in [1.165, 1.54) is 41.6 Å². The number of thioether (sulfide) groups is 1. The second-order valence-electron chi connectivity index (χ2n) is 7.46. The molecule has 0 radical (unpaired) electrons. The summed E-state index contributed by atoms with van der Waals surface area (Å²) < 4.78 is 14.6. The van der Waals surface area contributed by atoms with Crippen molar-refractivity contribution in [2.75, 3.05) is 17.6 Å². The first-order valence-corrected chi connectivity index (χ1v) is 11.8. The number of nitrogens with one attached hydrogen (secondary N) is 2. The summed E-state index contributed by atoms with van der Waals surface area (Å²) in [4.78, 5) is 24.5. The largest absolute Gasteiger partial charge is 0.352 e. The van der Waals surface area contributed by atoms with Crippen LogP contribution in [0.25, 0.3) is 5.65 Å². The quantitative estimate of drug-likeness (QED) is 0.357. The highest BCUT2D eigenvalue weighted by molar-refractivity contribution is 7.99. The van der Waals surface area contributed by atoms with Gasteiger partial charge in [-0.25, -0.2) is 4.39 Å². The molecular weight excluding hydrogens is 455 g/mol. The summed E-state index contributed by atoms with van der Waals surface area (Å²) in [6.07, 6.45) is 1.35. The van der Waals surface area contributed by atoms with Crippen LogP contribution >= 0.6 is 11.8 Å². The zero-order valence-electron chi connectivity index (χ0n) is 18.5. The van der Waals surface area contributed by atoms with Crippen molar-refractivity contribution in [3.05, 3.63) is 83.4 Å². The predicted molar refractivity (Wildman–Crippen MR) is 128 cm³/mol. The SMILES string of the molecule is CCc1ccc(NC(=O)CSc2ccc3nnc(CCNC(=O)c4ccc(F)cc4)n3n2)cc1. The Bertz CT molecular complexity index is 1290. The molecule has 34 heavy (non-hydrogen) atoms. The van der Waals surface area contributed by atoms with Crippen LogP contribution in [0, 0.1) is 5.82 Å². The lowest BCUT2D eigenvalue weighted by atomic mass is 10.1. The fourth-order valence-corrected chi connectivity index (χ4v) is 3.86. The number of hydrogen-bond donors (Lipinski definition) is 2. The fourth-order valence-electron chi connectivity index (χ4n) is 3.20. The Hall–Kier alpha value is -3.79. The molecule has 0 saturated carbocycles. The molecule has 8 nitrogen and oxygen atoms in total. The van der Waals surface area contributed by atoms with Gasteiger partial charge in [0.1, 0.15) is 10.8 Å². The first-order valence-electron chi connectivity index (χ1n) is 10.8. The Balaban J connectivity index is 1.31. The van der Waals surface area contributed by atoms with Gasteiger partial charge in [0.15, 0.2) is 11.5 Å². The predicted octanol–water partition coefficient (Wildman–Crippen LogP) is 3.53. The molecule has 0 fully saturated rings. The van der Waals surface area contributed by atoms with Gasteiger partial charge in [0, 0.05) is 24.2 Å². The highest BCUT2D eigenvalue weighted by atomic mass is 32.2. The molecule has 0 saturated heterocycles. The molecule has 2 heterocycles. The minimum Gasteiger partial charge on any atom is -0.352 e. The maximum absolute atomic E-state index is 13.0. The van der Waals surface area contributed by atoms with Crippen LogP contribution in [0.1, 0.15) is 28.7 Å². The van der Waals surface area contributed by atoms with Gasteiger partial charge in [-0.05, 0) is 60.5 Å². The third-order valence-electron chi connectivity index (χ3n) is 5.04. The van der Waals surface area contributed by atoms with Crippen molar-refractivity contribution >= 4 is 34.9 Å². The summed E-state index contributed by atoms with van der Waals surface area (Å²) in [7, 11) is 0. The molecule has 0 bridgehead atoms. The summed E-state index contributed by atoms with van der Waals surface area (Å²) >= 11 is 1.31. The maximum atomic E-state index is 13.0. The Labute approximate surface area is 200 Å². The Morgan fingerprint density at radius 1 is 1.00 bits per heavy atom. The van der Waals surface area contributed by atoms with E-state index in [0.29, 0.717) is 35.0 Å². The van der Waals surface area contributed by atoms with Crippen LogP contribution in [-0.2, 0) is 17.6 Å². The van der Waals surface area contributed by atoms with Gasteiger partial charge in [-0.2, -0.15) is 9.61 Å². The van der Waals surface area contributed by atoms with Crippen LogP contribution in [-0.4, -0.2) is 43.9 Å². The van der Waals surface area contributed by atoms with E-state index in [0.717, 1.165) is 12.1 Å². The summed E-state index contributed by atoms with van der Waals surface area (Å²) in [5.74, 6) is -0.0252. The standard InChI is InChI=1S/C24H23FN6O2S/c1-2-16-3-9-19(10-4-16)27-22(32)15-34-23-12-11-20-28-29-21(31(20)30-23)13-14-26-24(33)17-5-7-18(25)8-6-17/h3-12H,2,13-15H2,1H3,(H,26,33)(H,27,32). The molecule has 2 aromatic carbocycles. The molecule has 0 aliphatic rings. The van der Waals surface area contributed by atoms with E-state index in [1.807, 2.05) is 24.3 Å². The van der Waals surface area contributed by atoms with E-state index >= 15 is 0 Å². The molecule has 4 aromatic rings. The number of fused-ring (bicyclic) bond motifs is 1. The number of nitrogens with zero attached hydrogens (tertiary/aromatic N) is 4. The van der Waals surface area contributed by atoms with Crippen molar-refractivity contribution in [2.45, 2.75) is 24.8 Å². The van der Waals surface area contributed by atoms with E-state index in [4.69, 9.17) is 0 Å². The molecule has 0 atom stereocenters. The Morgan fingerprint density at radius 2 is 1.76 bits per heavy atom. The first kappa shape index (κ1) is 23.4. The van der Waals surface area contributed by atoms with E-state index in [9.17, 15) is 14.0 Å². The smallest absolute Gasteiger partial charge is 0.251 e. The molecule has 0 spiro atoms. The lowest BCUT2D eigenvalue weighted by Crippen LogP contribution is -2.26. The zero-order chi connectivity index (χ0) is 23.9. The number of anilines is 1. The van der Waals surface area contributed by atoms with Gasteiger partial charge in [0.2, 0.25) is 5.91 Å².